The van der Waals surface area contributed by atoms with Crippen LogP contribution in [-0.2, 0) is 0 Å². The summed E-state index contributed by atoms with van der Waals surface area (Å²) in [6.07, 6.45) is 0. The number of furan rings is 4. The number of anilines is 6. The number of hydrogen-bond donors (Lipinski definition) is 0. The molecule has 0 saturated carbocycles. The molecule has 322 valence electrons. The highest BCUT2D eigenvalue weighted by molar-refractivity contribution is 6.23. The lowest BCUT2D eigenvalue weighted by molar-refractivity contribution is 0.634. The number of para-hydroxylation sites is 4. The van der Waals surface area contributed by atoms with Gasteiger partial charge in [0, 0.05) is 89.2 Å². The molecule has 5 heterocycles. The maximum Gasteiger partial charge on any atom is 0.178 e. The zero-order valence-electron chi connectivity index (χ0n) is 37.1. The summed E-state index contributed by atoms with van der Waals surface area (Å²) in [4.78, 5) is 4.66. The largest absolute Gasteiger partial charge is 0.456 e. The van der Waals surface area contributed by atoms with Crippen molar-refractivity contribution in [2.75, 3.05) is 9.80 Å². The van der Waals surface area contributed by atoms with E-state index in [0.717, 1.165) is 138 Å². The smallest absolute Gasteiger partial charge is 0.178 e. The summed E-state index contributed by atoms with van der Waals surface area (Å²) in [5, 5.41) is 13.1. The number of aryl methyl sites for hydroxylation is 1. The van der Waals surface area contributed by atoms with Gasteiger partial charge in [-0.15, -0.1) is 0 Å². The Morgan fingerprint density at radius 3 is 1.71 bits per heavy atom. The maximum atomic E-state index is 6.87. The molecule has 0 amide bonds. The van der Waals surface area contributed by atoms with Crippen molar-refractivity contribution >= 4 is 143 Å². The summed E-state index contributed by atoms with van der Waals surface area (Å²) in [5.41, 5.74) is 16.6. The van der Waals surface area contributed by atoms with Crippen molar-refractivity contribution in [3.63, 3.8) is 0 Å². The monoisotopic (exact) mass is 884 g/mol. The lowest BCUT2D eigenvalue weighted by Crippen LogP contribution is -2.14. The minimum Gasteiger partial charge on any atom is -0.456 e. The highest BCUT2D eigenvalue weighted by atomic mass is 16.4. The topological polar surface area (TPSA) is 59.0 Å². The standard InChI is InChI=1S/C63H36N2O4/c1-35-10-2-6-14-54(35)64(40-20-22-46-44-12-4-8-16-56(44)66-60(46)32-40)39-19-18-36-28-52-48-24-25-49-53-34-50-38(30-59(53)69-63(49)62(48)68-58(52)29-37(36)26-39)27-42-31-51(50)43-11-3-7-15-55(43)65(42)41-21-23-47-45-13-5-9-17-57(45)67-61(47)33-41/h2-34H,1H3. The number of benzene rings is 11. The van der Waals surface area contributed by atoms with Gasteiger partial charge in [0.25, 0.3) is 0 Å². The van der Waals surface area contributed by atoms with Crippen LogP contribution in [0.1, 0.15) is 5.56 Å². The summed E-state index contributed by atoms with van der Waals surface area (Å²) < 4.78 is 26.5. The van der Waals surface area contributed by atoms with E-state index in [4.69, 9.17) is 17.7 Å². The first-order valence-corrected chi connectivity index (χ1v) is 23.4. The third kappa shape index (κ3) is 5.20. The summed E-state index contributed by atoms with van der Waals surface area (Å²) in [5.74, 6) is 0. The fourth-order valence-corrected chi connectivity index (χ4v) is 11.4. The van der Waals surface area contributed by atoms with Crippen molar-refractivity contribution < 1.29 is 17.7 Å². The van der Waals surface area contributed by atoms with Gasteiger partial charge in [0.2, 0.25) is 0 Å². The van der Waals surface area contributed by atoms with Crippen LogP contribution in [0.5, 0.6) is 0 Å². The summed E-state index contributed by atoms with van der Waals surface area (Å²) in [6, 6.07) is 71.3. The van der Waals surface area contributed by atoms with E-state index in [1.807, 2.05) is 24.3 Å². The van der Waals surface area contributed by atoms with Crippen molar-refractivity contribution in [1.29, 1.82) is 0 Å². The molecule has 0 fully saturated rings. The van der Waals surface area contributed by atoms with Crippen molar-refractivity contribution in [1.82, 2.24) is 0 Å². The van der Waals surface area contributed by atoms with Gasteiger partial charge in [0.15, 0.2) is 11.2 Å². The average Bonchev–Trinajstić information content (AvgIpc) is 4.15. The zero-order chi connectivity index (χ0) is 45.1. The highest BCUT2D eigenvalue weighted by Gasteiger charge is 2.27. The summed E-state index contributed by atoms with van der Waals surface area (Å²) in [6.45, 7) is 2.16. The van der Waals surface area contributed by atoms with Crippen LogP contribution in [0, 0.1) is 6.92 Å². The Balaban J connectivity index is 0.829. The van der Waals surface area contributed by atoms with Gasteiger partial charge in [0.05, 0.1) is 5.69 Å². The van der Waals surface area contributed by atoms with Crippen molar-refractivity contribution in [2.24, 2.45) is 0 Å². The van der Waals surface area contributed by atoms with E-state index in [9.17, 15) is 0 Å². The van der Waals surface area contributed by atoms with Gasteiger partial charge in [-0.2, -0.15) is 0 Å². The molecule has 0 spiro atoms. The first-order chi connectivity index (χ1) is 34.1. The number of rotatable bonds is 4. The Kier molecular flexibility index (Phi) is 7.18. The van der Waals surface area contributed by atoms with Crippen molar-refractivity contribution in [3.8, 4) is 11.1 Å². The predicted octanol–water partition coefficient (Wildman–Crippen LogP) is 18.8. The molecule has 6 heteroatoms. The van der Waals surface area contributed by atoms with Crippen molar-refractivity contribution in [2.45, 2.75) is 6.92 Å². The Morgan fingerprint density at radius 1 is 0.333 bits per heavy atom. The van der Waals surface area contributed by atoms with Crippen LogP contribution >= 0.6 is 0 Å². The van der Waals surface area contributed by atoms with Gasteiger partial charge in [-0.25, -0.2) is 0 Å². The molecule has 15 aromatic rings. The molecule has 0 aliphatic carbocycles. The Bertz CT molecular complexity index is 4720. The van der Waals surface area contributed by atoms with E-state index in [1.54, 1.807) is 0 Å². The van der Waals surface area contributed by atoms with E-state index in [1.165, 1.54) is 22.1 Å². The van der Waals surface area contributed by atoms with Crippen LogP contribution < -0.4 is 9.80 Å². The van der Waals surface area contributed by atoms with Gasteiger partial charge >= 0.3 is 0 Å². The molecule has 0 atom stereocenters. The number of hydrogen-bond acceptors (Lipinski definition) is 6. The minimum atomic E-state index is 0.752. The molecular formula is C63H36N2O4. The van der Waals surface area contributed by atoms with Gasteiger partial charge < -0.3 is 27.5 Å². The number of nitrogens with zero attached hydrogens (tertiary/aromatic N) is 2. The molecule has 4 aromatic heterocycles. The van der Waals surface area contributed by atoms with Crippen molar-refractivity contribution in [3.05, 3.63) is 206 Å². The van der Waals surface area contributed by atoms with E-state index in [0.29, 0.717) is 0 Å². The Labute approximate surface area is 393 Å². The van der Waals surface area contributed by atoms with Crippen LogP contribution in [0.4, 0.5) is 34.1 Å². The number of fused-ring (bicyclic) bond motifs is 20. The van der Waals surface area contributed by atoms with Crippen LogP contribution in [0.3, 0.4) is 0 Å². The van der Waals surface area contributed by atoms with Gasteiger partial charge in [-0.1, -0.05) is 78.9 Å². The zero-order valence-corrected chi connectivity index (χ0v) is 37.1. The second-order valence-electron chi connectivity index (χ2n) is 18.5. The lowest BCUT2D eigenvalue weighted by Gasteiger charge is -2.32. The molecular weight excluding hydrogens is 849 g/mol. The third-order valence-electron chi connectivity index (χ3n) is 14.6. The molecule has 69 heavy (non-hydrogen) atoms. The molecule has 0 saturated heterocycles. The predicted molar refractivity (Wildman–Crippen MR) is 284 cm³/mol. The van der Waals surface area contributed by atoms with Crippen LogP contribution in [0.15, 0.2) is 218 Å². The van der Waals surface area contributed by atoms with E-state index < -0.39 is 0 Å². The molecule has 0 radical (unpaired) electrons. The minimum absolute atomic E-state index is 0.752. The van der Waals surface area contributed by atoms with Crippen LogP contribution in [0.2, 0.25) is 0 Å². The first-order valence-electron chi connectivity index (χ1n) is 23.4. The summed E-state index contributed by atoms with van der Waals surface area (Å²) in [7, 11) is 0. The molecule has 11 aromatic carbocycles. The van der Waals surface area contributed by atoms with E-state index in [-0.39, 0.29) is 0 Å². The molecule has 1 aliphatic heterocycles. The molecule has 0 unspecified atom stereocenters. The lowest BCUT2D eigenvalue weighted by atomic mass is 9.91. The quantitative estimate of drug-likeness (QED) is 0.175. The normalized spacial score (nSPS) is 12.7. The SMILES string of the molecule is Cc1ccccc1N(c1ccc2cc3c(cc2c1)oc1c3ccc2c3cc4c5cc(cc4cc3oc21)N(c1ccc2c(c1)oc1ccccc12)c1ccccc1-5)c1ccc2c(c1)oc1ccccc12. The Morgan fingerprint density at radius 2 is 0.928 bits per heavy atom. The molecule has 0 N–H and O–H groups in total. The molecule has 6 nitrogen and oxygen atoms in total. The molecule has 16 rings (SSSR count). The van der Waals surface area contributed by atoms with Gasteiger partial charge in [-0.3, -0.25) is 0 Å². The molecule has 2 bridgehead atoms. The highest BCUT2D eigenvalue weighted by Crippen LogP contribution is 2.51. The maximum absolute atomic E-state index is 6.87. The Hall–Kier alpha value is -9.26. The second-order valence-corrected chi connectivity index (χ2v) is 18.5. The van der Waals surface area contributed by atoms with Gasteiger partial charge in [0.1, 0.15) is 33.5 Å². The van der Waals surface area contributed by atoms with E-state index >= 15 is 0 Å². The first kappa shape index (κ1) is 36.9. The second kappa shape index (κ2) is 13.4. The fraction of sp³-hybridized carbons (Fsp3) is 0.0159. The fourth-order valence-electron chi connectivity index (χ4n) is 11.4. The molecule has 1 aliphatic rings. The average molecular weight is 885 g/mol. The third-order valence-corrected chi connectivity index (χ3v) is 14.6. The van der Waals surface area contributed by atoms with Crippen LogP contribution in [0.25, 0.3) is 120 Å². The van der Waals surface area contributed by atoms with E-state index in [2.05, 4.69) is 193 Å². The van der Waals surface area contributed by atoms with Crippen LogP contribution in [-0.4, -0.2) is 0 Å². The van der Waals surface area contributed by atoms with Gasteiger partial charge in [-0.05, 0) is 149 Å². The summed E-state index contributed by atoms with van der Waals surface area (Å²) >= 11 is 0.